The van der Waals surface area contributed by atoms with Crippen LogP contribution in [-0.2, 0) is 4.79 Å². The van der Waals surface area contributed by atoms with Gasteiger partial charge in [-0.15, -0.1) is 0 Å². The third-order valence-electron chi connectivity index (χ3n) is 6.27. The largest absolute Gasteiger partial charge is 0.393 e. The first-order valence-corrected chi connectivity index (χ1v) is 9.51. The van der Waals surface area contributed by atoms with Gasteiger partial charge in [0.05, 0.1) is 17.7 Å². The van der Waals surface area contributed by atoms with Gasteiger partial charge in [-0.25, -0.2) is 9.37 Å². The van der Waals surface area contributed by atoms with Crippen LogP contribution in [0.1, 0.15) is 44.9 Å². The molecule has 1 spiro atoms. The molecule has 1 saturated carbocycles. The molecule has 1 atom stereocenters. The lowest BCUT2D eigenvalue weighted by atomic mass is 9.78. The van der Waals surface area contributed by atoms with Gasteiger partial charge in [0, 0.05) is 25.7 Å². The highest BCUT2D eigenvalue weighted by atomic mass is 19.1. The number of anilines is 2. The van der Waals surface area contributed by atoms with Gasteiger partial charge in [-0.05, 0) is 44.9 Å². The zero-order chi connectivity index (χ0) is 18.3. The molecule has 2 aliphatic heterocycles. The molecule has 3 fully saturated rings. The van der Waals surface area contributed by atoms with Crippen LogP contribution in [0.15, 0.2) is 6.20 Å². The highest BCUT2D eigenvalue weighted by Crippen LogP contribution is 2.43. The van der Waals surface area contributed by atoms with Crippen molar-refractivity contribution in [3.63, 3.8) is 0 Å². The van der Waals surface area contributed by atoms with E-state index in [0.29, 0.717) is 12.5 Å². The number of aliphatic hydroxyl groups is 1. The molecule has 26 heavy (non-hydrogen) atoms. The Morgan fingerprint density at radius 1 is 1.23 bits per heavy atom. The fourth-order valence-electron chi connectivity index (χ4n) is 4.77. The Bertz CT molecular complexity index is 694. The number of aromatic nitrogens is 2. The topological polar surface area (TPSA) is 95.6 Å². The van der Waals surface area contributed by atoms with Gasteiger partial charge in [-0.2, -0.15) is 4.98 Å². The number of likely N-dealkylation sites (tertiary alicyclic amines) is 1. The molecule has 8 heteroatoms. The van der Waals surface area contributed by atoms with E-state index in [1.54, 1.807) is 0 Å². The van der Waals surface area contributed by atoms with Gasteiger partial charge in [0.25, 0.3) is 0 Å². The van der Waals surface area contributed by atoms with E-state index in [-0.39, 0.29) is 23.9 Å². The number of piperidine rings is 1. The molecular weight excluding hydrogens is 337 g/mol. The first-order chi connectivity index (χ1) is 12.5. The molecule has 1 aromatic rings. The smallest absolute Gasteiger partial charge is 0.230 e. The van der Waals surface area contributed by atoms with E-state index in [9.17, 15) is 14.3 Å². The van der Waals surface area contributed by atoms with Crippen molar-refractivity contribution in [1.29, 1.82) is 0 Å². The highest BCUT2D eigenvalue weighted by Gasteiger charge is 2.51. The molecule has 2 saturated heterocycles. The second-order valence-electron chi connectivity index (χ2n) is 7.92. The average Bonchev–Trinajstić information content (AvgIpc) is 2.94. The van der Waals surface area contributed by atoms with Gasteiger partial charge >= 0.3 is 0 Å². The fraction of sp³-hybridized carbons (Fsp3) is 0.722. The fourth-order valence-corrected chi connectivity index (χ4v) is 4.77. The molecule has 1 aliphatic carbocycles. The van der Waals surface area contributed by atoms with E-state index in [0.717, 1.165) is 64.2 Å². The first kappa shape index (κ1) is 17.5. The van der Waals surface area contributed by atoms with Gasteiger partial charge in [-0.1, -0.05) is 0 Å². The lowest BCUT2D eigenvalue weighted by Crippen LogP contribution is -2.50. The zero-order valence-electron chi connectivity index (χ0n) is 14.9. The van der Waals surface area contributed by atoms with Gasteiger partial charge in [-0.3, -0.25) is 4.79 Å². The maximum absolute atomic E-state index is 13.4. The molecular formula is C18H26FN5O2. The Morgan fingerprint density at radius 2 is 2.00 bits per heavy atom. The van der Waals surface area contributed by atoms with Gasteiger partial charge in [0.2, 0.25) is 11.9 Å². The van der Waals surface area contributed by atoms with Gasteiger partial charge < -0.3 is 20.6 Å². The molecule has 0 aromatic carbocycles. The number of nitrogens with zero attached hydrogens (tertiary/aromatic N) is 4. The van der Waals surface area contributed by atoms with Crippen LogP contribution in [0.4, 0.5) is 16.2 Å². The monoisotopic (exact) mass is 363 g/mol. The summed E-state index contributed by atoms with van der Waals surface area (Å²) in [6.45, 7) is 2.08. The minimum atomic E-state index is -0.622. The number of halogens is 1. The van der Waals surface area contributed by atoms with Crippen molar-refractivity contribution >= 4 is 17.7 Å². The number of amides is 1. The van der Waals surface area contributed by atoms with Crippen LogP contribution in [0.2, 0.25) is 0 Å². The number of nitrogens with two attached hydrogens (primary N) is 1. The Kier molecular flexibility index (Phi) is 4.46. The van der Waals surface area contributed by atoms with E-state index in [1.165, 1.54) is 0 Å². The number of hydrogen-bond donors (Lipinski definition) is 2. The first-order valence-electron chi connectivity index (χ1n) is 9.51. The summed E-state index contributed by atoms with van der Waals surface area (Å²) in [5.74, 6) is -0.161. The van der Waals surface area contributed by atoms with E-state index in [1.807, 2.05) is 9.80 Å². The van der Waals surface area contributed by atoms with Crippen molar-refractivity contribution in [2.45, 2.75) is 57.1 Å². The highest BCUT2D eigenvalue weighted by molar-refractivity contribution is 5.86. The summed E-state index contributed by atoms with van der Waals surface area (Å²) < 4.78 is 13.4. The molecule has 1 aromatic heterocycles. The summed E-state index contributed by atoms with van der Waals surface area (Å²) in [6.07, 6.45) is 6.76. The minimum absolute atomic E-state index is 0.158. The van der Waals surface area contributed by atoms with Crippen molar-refractivity contribution in [2.75, 3.05) is 30.3 Å². The Labute approximate surface area is 152 Å². The summed E-state index contributed by atoms with van der Waals surface area (Å²) in [6, 6.07) is 0.248. The Morgan fingerprint density at radius 3 is 2.73 bits per heavy atom. The molecule has 0 bridgehead atoms. The lowest BCUT2D eigenvalue weighted by molar-refractivity contribution is -0.139. The van der Waals surface area contributed by atoms with Gasteiger partial charge in [0.1, 0.15) is 0 Å². The second kappa shape index (κ2) is 6.64. The zero-order valence-corrected chi connectivity index (χ0v) is 14.9. The SMILES string of the molecule is Nc1nc(N2CCCC3(CCN([C@H]4CC[C@H](O)CC4)C3=O)C2)ncc1F. The van der Waals surface area contributed by atoms with Crippen LogP contribution in [-0.4, -0.2) is 57.7 Å². The summed E-state index contributed by atoms with van der Waals surface area (Å²) in [4.78, 5) is 25.4. The summed E-state index contributed by atoms with van der Waals surface area (Å²) in [5.41, 5.74) is 5.18. The molecule has 1 amide bonds. The van der Waals surface area contributed by atoms with Crippen LogP contribution in [0.25, 0.3) is 0 Å². The van der Waals surface area contributed by atoms with E-state index in [4.69, 9.17) is 5.73 Å². The van der Waals surface area contributed by atoms with E-state index < -0.39 is 11.2 Å². The lowest BCUT2D eigenvalue weighted by Gasteiger charge is -2.40. The molecule has 3 heterocycles. The molecule has 4 rings (SSSR count). The Hall–Kier alpha value is -1.96. The van der Waals surface area contributed by atoms with Crippen molar-refractivity contribution in [3.05, 3.63) is 12.0 Å². The van der Waals surface area contributed by atoms with Crippen molar-refractivity contribution in [2.24, 2.45) is 5.41 Å². The third-order valence-corrected chi connectivity index (χ3v) is 6.27. The van der Waals surface area contributed by atoms with Crippen LogP contribution < -0.4 is 10.6 Å². The van der Waals surface area contributed by atoms with E-state index in [2.05, 4.69) is 9.97 Å². The molecule has 1 unspecified atom stereocenters. The Balaban J connectivity index is 1.49. The predicted molar refractivity (Wildman–Crippen MR) is 94.9 cm³/mol. The molecule has 7 nitrogen and oxygen atoms in total. The van der Waals surface area contributed by atoms with Crippen LogP contribution >= 0.6 is 0 Å². The van der Waals surface area contributed by atoms with Crippen LogP contribution in [0.3, 0.4) is 0 Å². The maximum Gasteiger partial charge on any atom is 0.230 e. The van der Waals surface area contributed by atoms with Crippen LogP contribution in [0, 0.1) is 11.2 Å². The van der Waals surface area contributed by atoms with Crippen molar-refractivity contribution in [3.8, 4) is 0 Å². The predicted octanol–water partition coefficient (Wildman–Crippen LogP) is 1.32. The molecule has 3 aliphatic rings. The van der Waals surface area contributed by atoms with Gasteiger partial charge in [0.15, 0.2) is 11.6 Å². The molecule has 3 N–H and O–H groups in total. The third kappa shape index (κ3) is 3.00. The molecule has 142 valence electrons. The number of hydrogen-bond acceptors (Lipinski definition) is 6. The summed E-state index contributed by atoms with van der Waals surface area (Å²) >= 11 is 0. The maximum atomic E-state index is 13.4. The van der Waals surface area contributed by atoms with Crippen molar-refractivity contribution < 1.29 is 14.3 Å². The number of carbonyl (C=O) groups excluding carboxylic acids is 1. The second-order valence-corrected chi connectivity index (χ2v) is 7.92. The number of nitrogen functional groups attached to an aromatic ring is 1. The molecule has 0 radical (unpaired) electrons. The number of carbonyl (C=O) groups is 1. The number of rotatable bonds is 2. The van der Waals surface area contributed by atoms with Crippen molar-refractivity contribution in [1.82, 2.24) is 14.9 Å². The standard InChI is InChI=1S/C18H26FN5O2/c19-14-10-21-17(22-15(14)20)23-8-1-6-18(11-23)7-9-24(16(18)26)12-2-4-13(25)5-3-12/h10,12-13,25H,1-9,11H2,(H2,20,21,22)/t12-,13-,18?. The van der Waals surface area contributed by atoms with E-state index >= 15 is 0 Å². The minimum Gasteiger partial charge on any atom is -0.393 e. The quantitative estimate of drug-likeness (QED) is 0.823. The average molecular weight is 363 g/mol. The number of aliphatic hydroxyl groups excluding tert-OH is 1. The normalized spacial score (nSPS) is 32.5. The summed E-state index contributed by atoms with van der Waals surface area (Å²) in [5, 5.41) is 9.72. The summed E-state index contributed by atoms with van der Waals surface area (Å²) in [7, 11) is 0. The van der Waals surface area contributed by atoms with Crippen LogP contribution in [0.5, 0.6) is 0 Å².